The Morgan fingerprint density at radius 3 is 1.64 bits per heavy atom. The molecule has 4 bridgehead atoms. The minimum Gasteiger partial charge on any atom is -0.469 e. The summed E-state index contributed by atoms with van der Waals surface area (Å²) in [6.07, 6.45) is 19.0. The predicted molar refractivity (Wildman–Crippen MR) is 411 cm³/mol. The molecule has 6 aromatic rings. The van der Waals surface area contributed by atoms with Crippen LogP contribution in [-0.2, 0) is 48.5 Å². The van der Waals surface area contributed by atoms with Crippen molar-refractivity contribution in [2.24, 2.45) is 60.4 Å². The number of benzene rings is 6. The molecule has 556 valence electrons. The number of fused-ring (bicyclic) bond motifs is 12. The number of halogens is 4. The molecule has 8 fully saturated rings. The third kappa shape index (κ3) is 11.7. The van der Waals surface area contributed by atoms with Crippen LogP contribution >= 0.6 is 0 Å². The number of esters is 1. The van der Waals surface area contributed by atoms with Gasteiger partial charge in [-0.05, 0) is 238 Å². The van der Waals surface area contributed by atoms with Crippen LogP contribution in [0.5, 0.6) is 0 Å². The molecule has 108 heavy (non-hydrogen) atoms. The highest BCUT2D eigenvalue weighted by atomic mass is 19.3. The monoisotopic (exact) mass is 1460 g/mol. The second kappa shape index (κ2) is 25.7. The summed E-state index contributed by atoms with van der Waals surface area (Å²) >= 11 is 0. The van der Waals surface area contributed by atoms with E-state index in [1.807, 2.05) is 104 Å². The van der Waals surface area contributed by atoms with E-state index in [9.17, 15) is 19.2 Å². The topological polar surface area (TPSA) is 179 Å². The lowest BCUT2D eigenvalue weighted by atomic mass is 9.87. The molecule has 2 spiro atoms. The first kappa shape index (κ1) is 69.3. The standard InChI is InChI=1S/C52H57F2N5O6.C37H34F2N4/c1-27(2)38(23-45(60)64-5)48(61)59-35-11-7-32(18-35)47(59)43-21-33-17-29(10-14-41(33)56-43)30-8-12-36-37-13-9-31(20-40(37)52(53,54)39(36)19-30)34-22-42(55-25-34)44-24-51(15-16-51)26-58(44)49(62)46(28(3)4)57-50(63)65-6;38-37(39)29-13-21(20-4-8-31-24(11-20)15-33(43-31)35-23-1-5-26(12-23)42-35)2-6-27(29)28-7-3-22(14-30(28)37)25-16-32(40-18-25)34-17-36(9-10-36)19-41-34/h8-10,12-14,17,19-20,25,27-28,32,35,38,44,46-47H,7,11,15-16,18,21-24,26H2,1-6H3,(H,57,63);2-4,6-8,11,13-14,18,23,26,34-35,41-42H,1,5,9-10,12,15-17,19H2/t32-,35+,38-,44?,46-,47-;23-,26+,34?,35-/m00/s1. The molecule has 19 heteroatoms. The number of nitrogens with one attached hydrogen (secondary N) is 3. The number of piperidine rings is 2. The van der Waals surface area contributed by atoms with Crippen LogP contribution in [0.4, 0.5) is 33.7 Å². The minimum absolute atomic E-state index is 0.00470. The average molecular weight is 1460 g/mol. The maximum Gasteiger partial charge on any atom is 0.407 e. The zero-order valence-electron chi connectivity index (χ0n) is 62.1. The number of hydrogen-bond acceptors (Lipinski definition) is 12. The van der Waals surface area contributed by atoms with Gasteiger partial charge in [0.2, 0.25) is 11.8 Å². The Balaban J connectivity index is 0.000000159. The first-order valence-electron chi connectivity index (χ1n) is 39.3. The zero-order chi connectivity index (χ0) is 74.2. The van der Waals surface area contributed by atoms with Crippen LogP contribution < -0.4 is 16.0 Å². The lowest BCUT2D eigenvalue weighted by Gasteiger charge is -2.38. The Bertz CT molecular complexity index is 5060. The summed E-state index contributed by atoms with van der Waals surface area (Å²) in [7, 11) is 2.63. The van der Waals surface area contributed by atoms with Crippen LogP contribution in [0, 0.1) is 40.4 Å². The molecule has 0 aromatic heterocycles. The fourth-order valence-electron chi connectivity index (χ4n) is 20.8. The predicted octanol–water partition coefficient (Wildman–Crippen LogP) is 16.8. The van der Waals surface area contributed by atoms with Crippen molar-refractivity contribution in [3.63, 3.8) is 0 Å². The lowest BCUT2D eigenvalue weighted by Crippen LogP contribution is -2.53. The van der Waals surface area contributed by atoms with E-state index in [1.165, 1.54) is 57.6 Å². The van der Waals surface area contributed by atoms with Crippen molar-refractivity contribution in [3.8, 4) is 44.5 Å². The van der Waals surface area contributed by atoms with Crippen molar-refractivity contribution >= 4 is 69.2 Å². The Kier molecular flexibility index (Phi) is 16.5. The van der Waals surface area contributed by atoms with Gasteiger partial charge < -0.3 is 35.2 Å². The molecule has 2 unspecified atom stereocenters. The summed E-state index contributed by atoms with van der Waals surface area (Å²) in [5, 5.41) is 10.1. The molecule has 10 atom stereocenters. The molecule has 8 heterocycles. The van der Waals surface area contributed by atoms with Crippen LogP contribution in [0.25, 0.3) is 55.7 Å². The summed E-state index contributed by atoms with van der Waals surface area (Å²) in [6.45, 7) is 9.41. The van der Waals surface area contributed by atoms with Gasteiger partial charge in [0, 0.05) is 120 Å². The Morgan fingerprint density at radius 2 is 1.10 bits per heavy atom. The van der Waals surface area contributed by atoms with Crippen molar-refractivity contribution < 1.29 is 46.2 Å². The number of hydrogen-bond donors (Lipinski definition) is 3. The third-order valence-electron chi connectivity index (χ3n) is 27.2. The SMILES string of the molecule is COC(=O)C[C@H](C(=O)N1[C@@H]2CC[C@@H](C2)[C@H]1C1=Nc2ccc(-c3ccc4c(c3)C(F)(F)c3cc(C5=CN=C(C6CC7(CC7)CN6C(=O)[C@@H](NC(=O)OC)C(C)C)C5)ccc3-4)cc2C1)C(C)C.FC1(F)c2cc(C3=CN=C(C4CC5(CC5)CN4)C3)ccc2-c2ccc(-c3ccc4c(c3)CC([C@H]3N[C@@H]5CC[C@H]3C5)=N4)cc21. The number of methoxy groups -OCH3 is 2. The summed E-state index contributed by atoms with van der Waals surface area (Å²) in [5.74, 6) is -6.48. The van der Waals surface area contributed by atoms with Gasteiger partial charge in [-0.2, -0.15) is 17.6 Å². The zero-order valence-corrected chi connectivity index (χ0v) is 62.1. The van der Waals surface area contributed by atoms with E-state index in [2.05, 4.69) is 28.1 Å². The van der Waals surface area contributed by atoms with Gasteiger partial charge in [-0.3, -0.25) is 34.4 Å². The van der Waals surface area contributed by atoms with Crippen LogP contribution in [0.2, 0.25) is 0 Å². The van der Waals surface area contributed by atoms with Crippen molar-refractivity contribution in [3.05, 3.63) is 166 Å². The number of alkyl carbamates (subject to hydrolysis) is 1. The third-order valence-corrected chi connectivity index (χ3v) is 27.2. The highest BCUT2D eigenvalue weighted by Gasteiger charge is 2.57. The van der Waals surface area contributed by atoms with Gasteiger partial charge >= 0.3 is 12.1 Å². The van der Waals surface area contributed by atoms with Gasteiger partial charge in [-0.25, -0.2) is 4.79 Å². The molecule has 3 amide bonds. The number of ether oxygens (including phenoxy) is 2. The van der Waals surface area contributed by atoms with Gasteiger partial charge in [0.15, 0.2) is 0 Å². The largest absolute Gasteiger partial charge is 0.469 e. The molecule has 4 saturated carbocycles. The quantitative estimate of drug-likeness (QED) is 0.0671. The number of allylic oxidation sites excluding steroid dienone is 2. The Hall–Kier alpha value is -9.20. The lowest BCUT2D eigenvalue weighted by molar-refractivity contribution is -0.149. The number of carbonyl (C=O) groups is 4. The summed E-state index contributed by atoms with van der Waals surface area (Å²) < 4.78 is 75.5. The van der Waals surface area contributed by atoms with E-state index >= 15 is 17.6 Å². The van der Waals surface area contributed by atoms with Crippen LogP contribution in [-0.4, -0.2) is 126 Å². The molecule has 6 aromatic carbocycles. The fraction of sp³-hybridized carbons (Fsp3) is 0.461. The number of nitrogens with zero attached hydrogens (tertiary/aromatic N) is 6. The van der Waals surface area contributed by atoms with Gasteiger partial charge in [0.05, 0.1) is 50.0 Å². The summed E-state index contributed by atoms with van der Waals surface area (Å²) in [4.78, 5) is 76.2. The number of aliphatic imine (C=N–C) groups is 4. The number of likely N-dealkylation sites (tertiary alicyclic amines) is 2. The van der Waals surface area contributed by atoms with Gasteiger partial charge in [0.25, 0.3) is 11.8 Å². The summed E-state index contributed by atoms with van der Waals surface area (Å²) in [5.41, 5.74) is 17.9. The summed E-state index contributed by atoms with van der Waals surface area (Å²) in [6, 6.07) is 34.4. The van der Waals surface area contributed by atoms with E-state index in [1.54, 1.807) is 42.6 Å². The normalized spacial score (nSPS) is 26.7. The molecule has 3 N–H and O–H groups in total. The molecule has 6 aliphatic carbocycles. The molecule has 8 aliphatic heterocycles. The average Bonchev–Trinajstić information content (AvgIpc) is 1.69. The number of carbonyl (C=O) groups excluding carboxylic acids is 4. The Labute approximate surface area is 627 Å². The molecule has 14 aliphatic rings. The van der Waals surface area contributed by atoms with Crippen molar-refractivity contribution in [2.75, 3.05) is 27.3 Å². The number of alkyl halides is 4. The van der Waals surface area contributed by atoms with Crippen LogP contribution in [0.3, 0.4) is 0 Å². The van der Waals surface area contributed by atoms with Crippen LogP contribution in [0.1, 0.15) is 169 Å². The Morgan fingerprint density at radius 1 is 0.565 bits per heavy atom. The second-order valence-electron chi connectivity index (χ2n) is 34.5. The molecule has 20 rings (SSSR count). The van der Waals surface area contributed by atoms with Gasteiger partial charge in [-0.1, -0.05) is 88.4 Å². The minimum atomic E-state index is -3.24. The van der Waals surface area contributed by atoms with E-state index < -0.39 is 29.9 Å². The molecular weight excluding hydrogens is 1370 g/mol. The molecule has 4 saturated heterocycles. The molecule has 0 radical (unpaired) electrons. The first-order valence-corrected chi connectivity index (χ1v) is 39.3. The van der Waals surface area contributed by atoms with Gasteiger partial charge in [-0.15, -0.1) is 0 Å². The molecule has 15 nitrogen and oxygen atoms in total. The highest BCUT2D eigenvalue weighted by molar-refractivity contribution is 6.06. The highest BCUT2D eigenvalue weighted by Crippen LogP contribution is 2.59. The molecular formula is C89H91F4N9O6. The number of rotatable bonds is 15. The van der Waals surface area contributed by atoms with Crippen molar-refractivity contribution in [1.82, 2.24) is 25.8 Å². The first-order chi connectivity index (χ1) is 52.0. The van der Waals surface area contributed by atoms with Crippen molar-refractivity contribution in [1.29, 1.82) is 0 Å². The number of amides is 3. The van der Waals surface area contributed by atoms with Crippen molar-refractivity contribution in [2.45, 2.75) is 191 Å². The van der Waals surface area contributed by atoms with E-state index in [-0.39, 0.29) is 81.8 Å². The smallest absolute Gasteiger partial charge is 0.407 e. The maximum atomic E-state index is 16.7. The fourth-order valence-corrected chi connectivity index (χ4v) is 20.8. The second-order valence-corrected chi connectivity index (χ2v) is 34.5. The van der Waals surface area contributed by atoms with E-state index in [0.29, 0.717) is 88.1 Å². The van der Waals surface area contributed by atoms with E-state index in [0.717, 1.165) is 132 Å². The van der Waals surface area contributed by atoms with Gasteiger partial charge in [0.1, 0.15) is 6.04 Å². The van der Waals surface area contributed by atoms with Crippen LogP contribution in [0.15, 0.2) is 142 Å². The van der Waals surface area contributed by atoms with E-state index in [4.69, 9.17) is 29.4 Å². The maximum absolute atomic E-state index is 16.7.